The number of benzene rings is 1. The predicted octanol–water partition coefficient (Wildman–Crippen LogP) is 1.48. The van der Waals surface area contributed by atoms with Crippen molar-refractivity contribution in [3.05, 3.63) is 36.2 Å². The second kappa shape index (κ2) is 4.57. The van der Waals surface area contributed by atoms with E-state index >= 15 is 0 Å². The van der Waals surface area contributed by atoms with Crippen LogP contribution in [0.5, 0.6) is 5.75 Å². The molecule has 0 fully saturated rings. The minimum Gasteiger partial charge on any atom is -0.494 e. The molecule has 2 aromatic rings. The molecule has 0 unspecified atom stereocenters. The lowest BCUT2D eigenvalue weighted by Crippen LogP contribution is -2.01. The number of rotatable bonds is 4. The number of carbonyl (C=O) groups excluding carboxylic acids is 1. The van der Waals surface area contributed by atoms with Crippen molar-refractivity contribution in [3.63, 3.8) is 0 Å². The number of aromatic nitrogens is 3. The highest BCUT2D eigenvalue weighted by atomic mass is 16.5. The second-order valence-corrected chi connectivity index (χ2v) is 3.12. The van der Waals surface area contributed by atoms with E-state index in [1.54, 1.807) is 0 Å². The molecular formula is C11H11N3O2. The summed E-state index contributed by atoms with van der Waals surface area (Å²) in [4.78, 5) is 10.7. The molecule has 0 atom stereocenters. The molecule has 82 valence electrons. The minimum atomic E-state index is 0.421. The molecule has 0 aliphatic heterocycles. The molecule has 5 heteroatoms. The highest BCUT2D eigenvalue weighted by molar-refractivity contribution is 5.72. The van der Waals surface area contributed by atoms with Gasteiger partial charge < -0.3 is 4.74 Å². The first kappa shape index (κ1) is 10.4. The fourth-order valence-electron chi connectivity index (χ4n) is 1.37. The Morgan fingerprint density at radius 2 is 2.12 bits per heavy atom. The average molecular weight is 217 g/mol. The van der Waals surface area contributed by atoms with E-state index in [0.29, 0.717) is 12.3 Å². The number of carbonyl (C=O) groups is 1. The first-order valence-corrected chi connectivity index (χ1v) is 4.94. The minimum absolute atomic E-state index is 0.421. The third kappa shape index (κ3) is 1.93. The summed E-state index contributed by atoms with van der Waals surface area (Å²) in [6, 6.07) is 7.31. The Kier molecular flexibility index (Phi) is 2.95. The number of hydrogen-bond acceptors (Lipinski definition) is 4. The molecule has 0 saturated heterocycles. The summed E-state index contributed by atoms with van der Waals surface area (Å²) in [5.41, 5.74) is 1.20. The summed E-state index contributed by atoms with van der Waals surface area (Å²) in [6.45, 7) is 2.55. The zero-order chi connectivity index (χ0) is 11.4. The summed E-state index contributed by atoms with van der Waals surface area (Å²) >= 11 is 0. The van der Waals surface area contributed by atoms with Crippen LogP contribution in [0.15, 0.2) is 30.5 Å². The third-order valence-electron chi connectivity index (χ3n) is 2.09. The Morgan fingerprint density at radius 1 is 1.38 bits per heavy atom. The van der Waals surface area contributed by atoms with E-state index in [1.165, 1.54) is 10.9 Å². The first-order valence-electron chi connectivity index (χ1n) is 4.94. The van der Waals surface area contributed by atoms with Gasteiger partial charge in [-0.15, -0.1) is 5.10 Å². The number of nitrogens with zero attached hydrogens (tertiary/aromatic N) is 3. The molecule has 0 N–H and O–H groups in total. The van der Waals surface area contributed by atoms with Crippen molar-refractivity contribution >= 4 is 6.29 Å². The summed E-state index contributed by atoms with van der Waals surface area (Å²) < 4.78 is 6.79. The van der Waals surface area contributed by atoms with Crippen molar-refractivity contribution in [2.24, 2.45) is 0 Å². The van der Waals surface area contributed by atoms with Gasteiger partial charge in [-0.3, -0.25) is 4.79 Å². The van der Waals surface area contributed by atoms with Crippen LogP contribution >= 0.6 is 0 Å². The highest BCUT2D eigenvalue weighted by Crippen LogP contribution is 2.15. The maximum Gasteiger partial charge on any atom is 0.170 e. The van der Waals surface area contributed by atoms with E-state index in [0.717, 1.165) is 17.7 Å². The summed E-state index contributed by atoms with van der Waals surface area (Å²) in [7, 11) is 0. The second-order valence-electron chi connectivity index (χ2n) is 3.12. The predicted molar refractivity (Wildman–Crippen MR) is 57.9 cm³/mol. The van der Waals surface area contributed by atoms with Crippen molar-refractivity contribution in [1.29, 1.82) is 0 Å². The average Bonchev–Trinajstić information content (AvgIpc) is 2.78. The molecular weight excluding hydrogens is 206 g/mol. The van der Waals surface area contributed by atoms with Gasteiger partial charge in [-0.2, -0.15) is 0 Å². The van der Waals surface area contributed by atoms with Crippen LogP contribution in [0.2, 0.25) is 0 Å². The fraction of sp³-hybridized carbons (Fsp3) is 0.182. The number of aldehydes is 1. The SMILES string of the molecule is CCOc1ccc(-n2nncc2C=O)cc1. The van der Waals surface area contributed by atoms with Gasteiger partial charge in [0.25, 0.3) is 0 Å². The molecule has 16 heavy (non-hydrogen) atoms. The van der Waals surface area contributed by atoms with E-state index in [9.17, 15) is 4.79 Å². The van der Waals surface area contributed by atoms with Crippen LogP contribution in [0.1, 0.15) is 17.4 Å². The van der Waals surface area contributed by atoms with Crippen LogP contribution in [0, 0.1) is 0 Å². The van der Waals surface area contributed by atoms with Crippen LogP contribution < -0.4 is 4.74 Å². The lowest BCUT2D eigenvalue weighted by molar-refractivity contribution is 0.111. The van der Waals surface area contributed by atoms with Gasteiger partial charge in [-0.05, 0) is 31.2 Å². The van der Waals surface area contributed by atoms with Crippen LogP contribution in [-0.2, 0) is 0 Å². The van der Waals surface area contributed by atoms with E-state index in [2.05, 4.69) is 10.3 Å². The summed E-state index contributed by atoms with van der Waals surface area (Å²) in [5, 5.41) is 7.51. The third-order valence-corrected chi connectivity index (χ3v) is 2.09. The monoisotopic (exact) mass is 217 g/mol. The topological polar surface area (TPSA) is 57.0 Å². The van der Waals surface area contributed by atoms with Gasteiger partial charge in [-0.25, -0.2) is 4.68 Å². The maximum absolute atomic E-state index is 10.7. The molecule has 1 aromatic heterocycles. The van der Waals surface area contributed by atoms with Gasteiger partial charge in [0.2, 0.25) is 0 Å². The van der Waals surface area contributed by atoms with Crippen LogP contribution in [0.4, 0.5) is 0 Å². The Morgan fingerprint density at radius 3 is 2.75 bits per heavy atom. The van der Waals surface area contributed by atoms with Gasteiger partial charge in [0.1, 0.15) is 11.4 Å². The molecule has 0 bridgehead atoms. The Labute approximate surface area is 92.7 Å². The molecule has 0 amide bonds. The van der Waals surface area contributed by atoms with E-state index in [1.807, 2.05) is 31.2 Å². The zero-order valence-electron chi connectivity index (χ0n) is 8.83. The largest absolute Gasteiger partial charge is 0.494 e. The molecule has 0 saturated carbocycles. The zero-order valence-corrected chi connectivity index (χ0v) is 8.83. The van der Waals surface area contributed by atoms with Gasteiger partial charge >= 0.3 is 0 Å². The normalized spacial score (nSPS) is 10.1. The molecule has 0 aliphatic rings. The van der Waals surface area contributed by atoms with Gasteiger partial charge in [0.05, 0.1) is 18.5 Å². The van der Waals surface area contributed by atoms with Crippen molar-refractivity contribution in [2.75, 3.05) is 6.61 Å². The summed E-state index contributed by atoms with van der Waals surface area (Å²) in [6.07, 6.45) is 2.14. The van der Waals surface area contributed by atoms with Gasteiger partial charge in [0.15, 0.2) is 6.29 Å². The Bertz CT molecular complexity index is 476. The highest BCUT2D eigenvalue weighted by Gasteiger charge is 2.04. The van der Waals surface area contributed by atoms with Crippen LogP contribution in [-0.4, -0.2) is 27.9 Å². The van der Waals surface area contributed by atoms with Gasteiger partial charge in [0, 0.05) is 0 Å². The first-order chi connectivity index (χ1) is 7.85. The molecule has 5 nitrogen and oxygen atoms in total. The van der Waals surface area contributed by atoms with Crippen LogP contribution in [0.25, 0.3) is 5.69 Å². The molecule has 1 aromatic carbocycles. The standard InChI is InChI=1S/C11H11N3O2/c1-2-16-11-5-3-9(4-6-11)14-10(8-15)7-12-13-14/h3-8H,2H2,1H3. The number of ether oxygens (including phenoxy) is 1. The van der Waals surface area contributed by atoms with E-state index in [4.69, 9.17) is 4.74 Å². The van der Waals surface area contributed by atoms with Crippen molar-refractivity contribution in [1.82, 2.24) is 15.0 Å². The maximum atomic E-state index is 10.7. The molecule has 2 rings (SSSR count). The molecule has 0 aliphatic carbocycles. The number of hydrogen-bond donors (Lipinski definition) is 0. The Hall–Kier alpha value is -2.17. The quantitative estimate of drug-likeness (QED) is 0.728. The lowest BCUT2D eigenvalue weighted by Gasteiger charge is -2.05. The van der Waals surface area contributed by atoms with E-state index in [-0.39, 0.29) is 0 Å². The fourth-order valence-corrected chi connectivity index (χ4v) is 1.37. The van der Waals surface area contributed by atoms with Gasteiger partial charge in [-0.1, -0.05) is 5.21 Å². The van der Waals surface area contributed by atoms with E-state index < -0.39 is 0 Å². The Balaban J connectivity index is 2.31. The smallest absolute Gasteiger partial charge is 0.170 e. The van der Waals surface area contributed by atoms with Crippen molar-refractivity contribution in [2.45, 2.75) is 6.92 Å². The van der Waals surface area contributed by atoms with Crippen LogP contribution in [0.3, 0.4) is 0 Å². The van der Waals surface area contributed by atoms with Crippen molar-refractivity contribution in [3.8, 4) is 11.4 Å². The molecule has 1 heterocycles. The summed E-state index contributed by atoms with van der Waals surface area (Å²) in [5.74, 6) is 0.791. The molecule has 0 radical (unpaired) electrons. The molecule has 0 spiro atoms. The van der Waals surface area contributed by atoms with Crippen molar-refractivity contribution < 1.29 is 9.53 Å². The lowest BCUT2D eigenvalue weighted by atomic mass is 10.3.